The van der Waals surface area contributed by atoms with Crippen molar-refractivity contribution in [2.45, 2.75) is 86.0 Å². The van der Waals surface area contributed by atoms with Gasteiger partial charge >= 0.3 is 5.97 Å². The number of nitrogen functional groups attached to an aromatic ring is 1. The molecule has 6 rings (SSSR count). The fraction of sp³-hybridized carbons (Fsp3) is 0.400. The van der Waals surface area contributed by atoms with Crippen LogP contribution >= 0.6 is 0 Å². The molecule has 54 heavy (non-hydrogen) atoms. The lowest BCUT2D eigenvalue weighted by Crippen LogP contribution is -2.33. The van der Waals surface area contributed by atoms with Gasteiger partial charge in [0.05, 0.1) is 6.20 Å². The van der Waals surface area contributed by atoms with Gasteiger partial charge in [-0.15, -0.1) is 0 Å². The number of piperidine rings is 1. The number of para-hydroxylation sites is 1. The van der Waals surface area contributed by atoms with Crippen LogP contribution in [0.5, 0.6) is 5.75 Å². The Kier molecular flexibility index (Phi) is 14.3. The molecule has 0 saturated carbocycles. The Balaban J connectivity index is 0.000000213. The lowest BCUT2D eigenvalue weighted by atomic mass is 9.83. The van der Waals surface area contributed by atoms with Crippen LogP contribution in [-0.2, 0) is 17.6 Å². The monoisotopic (exact) mass is 730 g/mol. The van der Waals surface area contributed by atoms with Crippen molar-refractivity contribution < 1.29 is 14.6 Å². The first-order valence-corrected chi connectivity index (χ1v) is 19.4. The van der Waals surface area contributed by atoms with Crippen molar-refractivity contribution in [3.8, 4) is 16.9 Å². The van der Waals surface area contributed by atoms with E-state index in [-0.39, 0.29) is 6.42 Å². The summed E-state index contributed by atoms with van der Waals surface area (Å²) < 4.78 is 7.80. The molecule has 4 heterocycles. The summed E-state index contributed by atoms with van der Waals surface area (Å²) in [5, 5.41) is 13.4. The summed E-state index contributed by atoms with van der Waals surface area (Å²) in [7, 11) is 0. The van der Waals surface area contributed by atoms with Crippen molar-refractivity contribution in [1.29, 1.82) is 0 Å². The van der Waals surface area contributed by atoms with Crippen LogP contribution in [0.25, 0.3) is 22.3 Å². The molecular formula is C45H58N6O3. The number of carboxylic acid groups (broad SMARTS) is 1. The maximum atomic E-state index is 10.9. The number of aliphatic carboxylic acids is 1. The van der Waals surface area contributed by atoms with Gasteiger partial charge < -0.3 is 20.6 Å². The number of benzene rings is 2. The average molecular weight is 731 g/mol. The second kappa shape index (κ2) is 19.3. The second-order valence-electron chi connectivity index (χ2n) is 14.6. The van der Waals surface area contributed by atoms with Gasteiger partial charge in [0.2, 0.25) is 0 Å². The number of carboxylic acids is 1. The van der Waals surface area contributed by atoms with E-state index in [1.165, 1.54) is 49.2 Å². The van der Waals surface area contributed by atoms with Crippen molar-refractivity contribution in [2.24, 2.45) is 5.92 Å². The summed E-state index contributed by atoms with van der Waals surface area (Å²) in [6, 6.07) is 16.3. The molecule has 1 aliphatic rings. The number of aryl methyl sites for hydroxylation is 1. The molecule has 0 radical (unpaired) electrons. The first-order chi connectivity index (χ1) is 26.1. The minimum absolute atomic E-state index is 0.165. The Morgan fingerprint density at radius 1 is 1.02 bits per heavy atom. The number of nitrogens with two attached hydrogens (primary N) is 1. The SMILES string of the molecule is C/C=C\C(=C/C)c1cnn2cc(-c3ccc(OCCN4CCCCC4)cc3)cnc12.Cc1[nH]c(CC(c2ccccc2N)C(C)C)c(C)c1CCC(=O)O. The summed E-state index contributed by atoms with van der Waals surface area (Å²) in [6.07, 6.45) is 17.6. The summed E-state index contributed by atoms with van der Waals surface area (Å²) in [5.74, 6) is 0.944. The predicted molar refractivity (Wildman–Crippen MR) is 221 cm³/mol. The zero-order valence-electron chi connectivity index (χ0n) is 32.9. The van der Waals surface area contributed by atoms with E-state index >= 15 is 0 Å². The Hall–Kier alpha value is -5.15. The number of carbonyl (C=O) groups is 1. The number of aromatic amines is 1. The molecule has 0 bridgehead atoms. The van der Waals surface area contributed by atoms with Crippen LogP contribution < -0.4 is 10.5 Å². The van der Waals surface area contributed by atoms with Gasteiger partial charge in [0.15, 0.2) is 5.65 Å². The molecule has 1 aliphatic heterocycles. The Labute approximate surface area is 321 Å². The molecule has 5 aromatic rings. The molecule has 1 unspecified atom stereocenters. The summed E-state index contributed by atoms with van der Waals surface area (Å²) >= 11 is 0. The van der Waals surface area contributed by atoms with E-state index in [2.05, 4.69) is 71.1 Å². The Morgan fingerprint density at radius 3 is 2.43 bits per heavy atom. The average Bonchev–Trinajstić information content (AvgIpc) is 3.71. The van der Waals surface area contributed by atoms with Gasteiger partial charge in [-0.25, -0.2) is 9.50 Å². The van der Waals surface area contributed by atoms with Gasteiger partial charge in [0.1, 0.15) is 12.4 Å². The molecule has 1 saturated heterocycles. The molecule has 4 N–H and O–H groups in total. The lowest BCUT2D eigenvalue weighted by molar-refractivity contribution is -0.136. The number of hydrogen-bond acceptors (Lipinski definition) is 6. The molecule has 286 valence electrons. The fourth-order valence-electron chi connectivity index (χ4n) is 7.41. The Morgan fingerprint density at radius 2 is 1.76 bits per heavy atom. The number of aromatic nitrogens is 4. The normalized spacial score (nSPS) is 14.4. The number of rotatable bonds is 14. The van der Waals surface area contributed by atoms with Gasteiger partial charge in [-0.1, -0.05) is 68.8 Å². The molecule has 1 atom stereocenters. The van der Waals surface area contributed by atoms with Crippen molar-refractivity contribution in [1.82, 2.24) is 24.5 Å². The van der Waals surface area contributed by atoms with Gasteiger partial charge in [-0.2, -0.15) is 5.10 Å². The van der Waals surface area contributed by atoms with Crippen molar-refractivity contribution in [3.05, 3.63) is 119 Å². The predicted octanol–water partition coefficient (Wildman–Crippen LogP) is 9.45. The van der Waals surface area contributed by atoms with Crippen molar-refractivity contribution >= 4 is 22.9 Å². The minimum Gasteiger partial charge on any atom is -0.492 e. The van der Waals surface area contributed by atoms with Gasteiger partial charge in [-0.3, -0.25) is 9.69 Å². The van der Waals surface area contributed by atoms with Crippen LogP contribution in [0.3, 0.4) is 0 Å². The topological polar surface area (TPSA) is 122 Å². The minimum atomic E-state index is -0.756. The van der Waals surface area contributed by atoms with E-state index in [9.17, 15) is 4.79 Å². The lowest BCUT2D eigenvalue weighted by Gasteiger charge is -2.26. The zero-order chi connectivity index (χ0) is 38.6. The van der Waals surface area contributed by atoms with Gasteiger partial charge in [0, 0.05) is 53.6 Å². The molecule has 0 spiro atoms. The largest absolute Gasteiger partial charge is 0.492 e. The molecule has 9 heteroatoms. The van der Waals surface area contributed by atoms with Crippen LogP contribution in [0.15, 0.2) is 85.3 Å². The molecule has 0 aliphatic carbocycles. The number of H-pyrrole nitrogens is 1. The van der Waals surface area contributed by atoms with Crippen LogP contribution in [0.4, 0.5) is 5.69 Å². The number of fused-ring (bicyclic) bond motifs is 1. The highest BCUT2D eigenvalue weighted by molar-refractivity contribution is 5.81. The van der Waals surface area contributed by atoms with E-state index in [0.29, 0.717) is 18.3 Å². The summed E-state index contributed by atoms with van der Waals surface area (Å²) in [6.45, 7) is 16.7. The molecule has 2 aromatic carbocycles. The third kappa shape index (κ3) is 10.3. The van der Waals surface area contributed by atoms with E-state index in [1.54, 1.807) is 0 Å². The third-order valence-corrected chi connectivity index (χ3v) is 10.5. The van der Waals surface area contributed by atoms with Crippen molar-refractivity contribution in [2.75, 3.05) is 32.0 Å². The number of likely N-dealkylation sites (tertiary alicyclic amines) is 1. The zero-order valence-corrected chi connectivity index (χ0v) is 32.9. The van der Waals surface area contributed by atoms with Gasteiger partial charge in [0.25, 0.3) is 0 Å². The quantitative estimate of drug-likeness (QED) is 0.0769. The first-order valence-electron chi connectivity index (χ1n) is 19.4. The number of allylic oxidation sites excluding steroid dienone is 4. The number of nitrogens with one attached hydrogen (secondary N) is 1. The molecule has 9 nitrogen and oxygen atoms in total. The highest BCUT2D eigenvalue weighted by Crippen LogP contribution is 2.34. The van der Waals surface area contributed by atoms with E-state index < -0.39 is 5.97 Å². The van der Waals surface area contributed by atoms with Crippen LogP contribution in [0.2, 0.25) is 0 Å². The van der Waals surface area contributed by atoms with E-state index in [0.717, 1.165) is 70.2 Å². The van der Waals surface area contributed by atoms with Crippen LogP contribution in [0.1, 0.15) is 92.9 Å². The molecule has 3 aromatic heterocycles. The van der Waals surface area contributed by atoms with E-state index in [4.69, 9.17) is 15.6 Å². The van der Waals surface area contributed by atoms with Crippen LogP contribution in [-0.4, -0.2) is 61.8 Å². The highest BCUT2D eigenvalue weighted by Gasteiger charge is 2.22. The van der Waals surface area contributed by atoms with Crippen molar-refractivity contribution in [3.63, 3.8) is 0 Å². The third-order valence-electron chi connectivity index (χ3n) is 10.5. The number of hydrogen-bond donors (Lipinski definition) is 3. The maximum Gasteiger partial charge on any atom is 0.303 e. The van der Waals surface area contributed by atoms with Crippen LogP contribution in [0, 0.1) is 19.8 Å². The summed E-state index contributed by atoms with van der Waals surface area (Å²) in [5.41, 5.74) is 18.0. The van der Waals surface area contributed by atoms with Gasteiger partial charge in [-0.05, 0) is 124 Å². The first kappa shape index (κ1) is 40.0. The molecule has 0 amide bonds. The Bertz CT molecular complexity index is 2030. The molecule has 1 fully saturated rings. The molecular weight excluding hydrogens is 673 g/mol. The fourth-order valence-corrected chi connectivity index (χ4v) is 7.41. The van der Waals surface area contributed by atoms with E-state index in [1.807, 2.05) is 80.3 Å². The number of nitrogens with zero attached hydrogens (tertiary/aromatic N) is 4. The standard InChI is InChI=1S/C25H30N4O.C20H28N2O2/c1-3-8-20(4-2)24-18-27-29-19-22(17-26-25(24)29)21-9-11-23(12-10-21)30-16-15-28-13-6-5-7-14-28;1-12(2)17(16-7-5-6-8-18(16)21)11-19-13(3)15(14(4)22-19)9-10-20(23)24/h3-4,8-12,17-19H,5-7,13-16H2,1-2H3;5-8,12,17,22H,9-11,21H2,1-4H3,(H,23,24)/b8-3-,20-4+;. The smallest absolute Gasteiger partial charge is 0.303 e. The second-order valence-corrected chi connectivity index (χ2v) is 14.6. The summed E-state index contributed by atoms with van der Waals surface area (Å²) in [4.78, 5) is 21.5. The maximum absolute atomic E-state index is 10.9. The number of anilines is 1. The number of ether oxygens (including phenoxy) is 1. The highest BCUT2D eigenvalue weighted by atomic mass is 16.5.